The minimum absolute atomic E-state index is 0.121. The molecule has 2 aliphatic rings. The molecule has 0 spiro atoms. The summed E-state index contributed by atoms with van der Waals surface area (Å²) in [5.74, 6) is 2.66. The molecule has 134 valence electrons. The molecule has 0 aromatic carbocycles. The Balaban J connectivity index is 1.51. The highest BCUT2D eigenvalue weighted by molar-refractivity contribution is 5.79. The summed E-state index contributed by atoms with van der Waals surface area (Å²) in [6.07, 6.45) is 6.58. The van der Waals surface area contributed by atoms with Crippen LogP contribution in [-0.2, 0) is 17.6 Å². The molecule has 0 saturated carbocycles. The number of nitrogens with zero attached hydrogens (tertiary/aromatic N) is 5. The van der Waals surface area contributed by atoms with Crippen molar-refractivity contribution in [3.63, 3.8) is 0 Å². The van der Waals surface area contributed by atoms with Crippen molar-refractivity contribution in [1.82, 2.24) is 24.9 Å². The van der Waals surface area contributed by atoms with E-state index in [0.717, 1.165) is 57.6 Å². The molecule has 1 aliphatic heterocycles. The van der Waals surface area contributed by atoms with Crippen molar-refractivity contribution in [2.45, 2.75) is 46.0 Å². The number of fused-ring (bicyclic) bond motifs is 2. The zero-order valence-corrected chi connectivity index (χ0v) is 15.0. The summed E-state index contributed by atoms with van der Waals surface area (Å²) in [5, 5.41) is 7.48. The molecule has 7 nitrogen and oxygen atoms in total. The van der Waals surface area contributed by atoms with Gasteiger partial charge in [-0.15, -0.1) is 0 Å². The van der Waals surface area contributed by atoms with Crippen LogP contribution < -0.4 is 10.2 Å². The first-order valence-electron chi connectivity index (χ1n) is 9.37. The van der Waals surface area contributed by atoms with E-state index in [0.29, 0.717) is 11.7 Å². The van der Waals surface area contributed by atoms with Crippen LogP contribution in [0.2, 0.25) is 0 Å². The first-order valence-corrected chi connectivity index (χ1v) is 9.37. The van der Waals surface area contributed by atoms with E-state index in [-0.39, 0.29) is 11.8 Å². The summed E-state index contributed by atoms with van der Waals surface area (Å²) < 4.78 is 1.88. The quantitative estimate of drug-likeness (QED) is 0.913. The second kappa shape index (κ2) is 6.61. The van der Waals surface area contributed by atoms with Crippen LogP contribution in [0.25, 0.3) is 5.78 Å². The molecule has 1 saturated heterocycles. The van der Waals surface area contributed by atoms with Crippen LogP contribution in [0.15, 0.2) is 6.33 Å². The van der Waals surface area contributed by atoms with E-state index in [4.69, 9.17) is 0 Å². The number of aryl methyl sites for hydroxylation is 1. The Bertz CT molecular complexity index is 775. The lowest BCUT2D eigenvalue weighted by atomic mass is 9.95. The average Bonchev–Trinajstić information content (AvgIpc) is 3.26. The Kier molecular flexibility index (Phi) is 4.31. The molecule has 0 atom stereocenters. The third-order valence-corrected chi connectivity index (χ3v) is 5.27. The number of piperidine rings is 1. The number of hydrogen-bond donors (Lipinski definition) is 1. The predicted octanol–water partition coefficient (Wildman–Crippen LogP) is 1.60. The van der Waals surface area contributed by atoms with Crippen molar-refractivity contribution in [2.24, 2.45) is 11.8 Å². The third kappa shape index (κ3) is 3.07. The fourth-order valence-electron chi connectivity index (χ4n) is 3.93. The Morgan fingerprint density at radius 2 is 2.12 bits per heavy atom. The van der Waals surface area contributed by atoms with Crippen molar-refractivity contribution in [2.75, 3.05) is 24.5 Å². The van der Waals surface area contributed by atoms with Gasteiger partial charge >= 0.3 is 0 Å². The van der Waals surface area contributed by atoms with Crippen LogP contribution in [0.4, 0.5) is 5.82 Å². The zero-order valence-electron chi connectivity index (χ0n) is 15.0. The maximum Gasteiger partial charge on any atom is 0.254 e. The molecule has 1 amide bonds. The summed E-state index contributed by atoms with van der Waals surface area (Å²) in [7, 11) is 0. The van der Waals surface area contributed by atoms with Gasteiger partial charge in [-0.25, -0.2) is 4.98 Å². The first-order chi connectivity index (χ1) is 12.1. The Hall–Kier alpha value is -2.18. The van der Waals surface area contributed by atoms with Crippen LogP contribution in [0, 0.1) is 11.8 Å². The molecule has 2 aromatic rings. The minimum Gasteiger partial charge on any atom is -0.356 e. The molecule has 3 heterocycles. The summed E-state index contributed by atoms with van der Waals surface area (Å²) in [6.45, 7) is 6.76. The van der Waals surface area contributed by atoms with Gasteiger partial charge < -0.3 is 10.2 Å². The van der Waals surface area contributed by atoms with Crippen molar-refractivity contribution in [3.05, 3.63) is 17.6 Å². The smallest absolute Gasteiger partial charge is 0.254 e. The molecular weight excluding hydrogens is 316 g/mol. The number of hydrogen-bond acceptors (Lipinski definition) is 5. The normalized spacial score (nSPS) is 18.1. The fraction of sp³-hybridized carbons (Fsp3) is 0.667. The molecule has 0 radical (unpaired) electrons. The minimum atomic E-state index is 0.121. The lowest BCUT2D eigenvalue weighted by molar-refractivity contribution is -0.125. The molecule has 1 N–H and O–H groups in total. The lowest BCUT2D eigenvalue weighted by Crippen LogP contribution is -2.42. The molecule has 4 rings (SSSR count). The Morgan fingerprint density at radius 1 is 1.32 bits per heavy atom. The van der Waals surface area contributed by atoms with Crippen LogP contribution in [0.5, 0.6) is 0 Å². The van der Waals surface area contributed by atoms with Crippen LogP contribution in [0.3, 0.4) is 0 Å². The second-order valence-corrected chi connectivity index (χ2v) is 7.59. The molecule has 7 heteroatoms. The van der Waals surface area contributed by atoms with Gasteiger partial charge in [0.25, 0.3) is 5.78 Å². The molecular formula is C18H26N6O. The third-order valence-electron chi connectivity index (χ3n) is 5.27. The molecule has 0 bridgehead atoms. The van der Waals surface area contributed by atoms with Gasteiger partial charge in [0.2, 0.25) is 5.91 Å². The molecule has 1 fully saturated rings. The van der Waals surface area contributed by atoms with Crippen molar-refractivity contribution in [1.29, 1.82) is 0 Å². The molecule has 1 aliphatic carbocycles. The Morgan fingerprint density at radius 3 is 2.88 bits per heavy atom. The largest absolute Gasteiger partial charge is 0.356 e. The highest BCUT2D eigenvalue weighted by Gasteiger charge is 2.30. The summed E-state index contributed by atoms with van der Waals surface area (Å²) in [6, 6.07) is 0. The van der Waals surface area contributed by atoms with Crippen LogP contribution >= 0.6 is 0 Å². The predicted molar refractivity (Wildman–Crippen MR) is 95.6 cm³/mol. The van der Waals surface area contributed by atoms with E-state index in [9.17, 15) is 4.79 Å². The van der Waals surface area contributed by atoms with Crippen molar-refractivity contribution in [3.8, 4) is 0 Å². The summed E-state index contributed by atoms with van der Waals surface area (Å²) in [4.78, 5) is 23.7. The fourth-order valence-corrected chi connectivity index (χ4v) is 3.93. The van der Waals surface area contributed by atoms with E-state index in [2.05, 4.69) is 39.1 Å². The number of anilines is 1. The monoisotopic (exact) mass is 342 g/mol. The van der Waals surface area contributed by atoms with Crippen molar-refractivity contribution >= 4 is 17.5 Å². The topological polar surface area (TPSA) is 75.4 Å². The lowest BCUT2D eigenvalue weighted by Gasteiger charge is -2.34. The molecule has 25 heavy (non-hydrogen) atoms. The van der Waals surface area contributed by atoms with Gasteiger partial charge in [-0.2, -0.15) is 14.6 Å². The van der Waals surface area contributed by atoms with Gasteiger partial charge in [-0.05, 0) is 38.0 Å². The standard InChI is InChI=1S/C18H26N6O/c1-12(2)10-19-16(25)13-6-8-23(9-7-13)17-14-4-3-5-15(14)22-18-20-11-21-24(17)18/h11-13H,3-10H2,1-2H3,(H,19,25). The second-order valence-electron chi connectivity index (χ2n) is 7.59. The average molecular weight is 342 g/mol. The van der Waals surface area contributed by atoms with Gasteiger partial charge in [-0.3, -0.25) is 4.79 Å². The number of rotatable bonds is 4. The van der Waals surface area contributed by atoms with Crippen molar-refractivity contribution < 1.29 is 4.79 Å². The van der Waals surface area contributed by atoms with Gasteiger partial charge in [0.1, 0.15) is 12.1 Å². The van der Waals surface area contributed by atoms with Gasteiger partial charge in [-0.1, -0.05) is 13.8 Å². The maximum atomic E-state index is 12.3. The van der Waals surface area contributed by atoms with E-state index in [1.165, 1.54) is 11.3 Å². The highest BCUT2D eigenvalue weighted by atomic mass is 16.1. The Labute approximate surface area is 147 Å². The van der Waals surface area contributed by atoms with E-state index >= 15 is 0 Å². The zero-order chi connectivity index (χ0) is 17.4. The first kappa shape index (κ1) is 16.3. The van der Waals surface area contributed by atoms with Gasteiger partial charge in [0.05, 0.1) is 5.69 Å². The molecule has 2 aromatic heterocycles. The SMILES string of the molecule is CC(C)CNC(=O)C1CCN(c2c3c(nc4ncnn24)CCC3)CC1. The number of nitrogens with one attached hydrogen (secondary N) is 1. The number of carbonyl (C=O) groups excluding carboxylic acids is 1. The van der Waals surface area contributed by atoms with Crippen LogP contribution in [0.1, 0.15) is 44.4 Å². The van der Waals surface area contributed by atoms with E-state index < -0.39 is 0 Å². The summed E-state index contributed by atoms with van der Waals surface area (Å²) >= 11 is 0. The van der Waals surface area contributed by atoms with E-state index in [1.54, 1.807) is 6.33 Å². The van der Waals surface area contributed by atoms with Crippen LogP contribution in [-0.4, -0.2) is 45.1 Å². The van der Waals surface area contributed by atoms with Gasteiger partial charge in [0, 0.05) is 31.1 Å². The number of carbonyl (C=O) groups is 1. The van der Waals surface area contributed by atoms with Gasteiger partial charge in [0.15, 0.2) is 0 Å². The maximum absolute atomic E-state index is 12.3. The summed E-state index contributed by atoms with van der Waals surface area (Å²) in [5.41, 5.74) is 2.49. The van der Waals surface area contributed by atoms with E-state index in [1.807, 2.05) is 4.52 Å². The number of amides is 1. The number of aromatic nitrogens is 4. The highest BCUT2D eigenvalue weighted by Crippen LogP contribution is 2.32. The molecule has 0 unspecified atom stereocenters.